The van der Waals surface area contributed by atoms with Crippen LogP contribution in [0, 0.1) is 41.5 Å². The molecule has 0 saturated heterocycles. The van der Waals surface area contributed by atoms with Gasteiger partial charge in [0.25, 0.3) is 20.1 Å². The van der Waals surface area contributed by atoms with E-state index in [9.17, 15) is 0 Å². The molecular formula is C105H79B3N6. The lowest BCUT2D eigenvalue weighted by Crippen LogP contribution is -2.60. The molecule has 114 heavy (non-hydrogen) atoms. The summed E-state index contributed by atoms with van der Waals surface area (Å²) in [4.78, 5) is 7.23. The number of hydrogen-bond donors (Lipinski definition) is 0. The van der Waals surface area contributed by atoms with E-state index < -0.39 is 0 Å². The second-order valence-electron chi connectivity index (χ2n) is 32.4. The van der Waals surface area contributed by atoms with Gasteiger partial charge in [-0.25, -0.2) is 0 Å². The summed E-state index contributed by atoms with van der Waals surface area (Å²) in [7, 11) is 6.69. The lowest BCUT2D eigenvalue weighted by molar-refractivity contribution is 1.04. The number of hydrogen-bond acceptors (Lipinski definition) is 3. The lowest BCUT2D eigenvalue weighted by atomic mass is 9.33. The van der Waals surface area contributed by atoms with Crippen molar-refractivity contribution < 1.29 is 0 Å². The highest BCUT2D eigenvalue weighted by Gasteiger charge is 2.45. The highest BCUT2D eigenvalue weighted by Crippen LogP contribution is 2.45. The third-order valence-electron chi connectivity index (χ3n) is 27.1. The Morgan fingerprint density at radius 1 is 0.211 bits per heavy atom. The maximum Gasteiger partial charge on any atom is 0.252 e. The van der Waals surface area contributed by atoms with E-state index in [0.29, 0.717) is 0 Å². The fourth-order valence-electron chi connectivity index (χ4n) is 21.5. The number of para-hydroxylation sites is 4. The molecule has 9 heteroatoms. The smallest absolute Gasteiger partial charge is 0.252 e. The number of benzene rings is 16. The molecule has 16 aromatic carbocycles. The van der Waals surface area contributed by atoms with Crippen molar-refractivity contribution in [2.45, 2.75) is 41.5 Å². The summed E-state index contributed by atoms with van der Waals surface area (Å²) in [6.07, 6.45) is 0. The summed E-state index contributed by atoms with van der Waals surface area (Å²) in [6.45, 7) is 14.2. The van der Waals surface area contributed by atoms with Gasteiger partial charge in [-0.3, -0.25) is 0 Å². The normalized spacial score (nSPS) is 13.2. The number of nitrogens with zero attached hydrogens (tertiary/aromatic N) is 6. The Morgan fingerprint density at radius 2 is 0.561 bits per heavy atom. The molecule has 3 aromatic heterocycles. The summed E-state index contributed by atoms with van der Waals surface area (Å²) in [5.74, 6) is 0. The van der Waals surface area contributed by atoms with Crippen molar-refractivity contribution in [3.05, 3.63) is 349 Å². The minimum Gasteiger partial charge on any atom is -0.345 e. The predicted octanol–water partition coefficient (Wildman–Crippen LogP) is 19.6. The molecule has 0 aliphatic carbocycles. The van der Waals surface area contributed by atoms with Crippen LogP contribution in [0.3, 0.4) is 0 Å². The fourth-order valence-corrected chi connectivity index (χ4v) is 21.5. The molecule has 25 rings (SSSR count). The number of anilines is 6. The molecule has 0 radical (unpaired) electrons. The van der Waals surface area contributed by atoms with Gasteiger partial charge in [0.1, 0.15) is 0 Å². The molecule has 6 nitrogen and oxygen atoms in total. The summed E-state index contributed by atoms with van der Waals surface area (Å²) in [5, 5.41) is 11.8. The zero-order chi connectivity index (χ0) is 76.4. The third kappa shape index (κ3) is 9.18. The van der Waals surface area contributed by atoms with Crippen LogP contribution in [-0.4, -0.2) is 55.0 Å². The van der Waals surface area contributed by atoms with Crippen LogP contribution < -0.4 is 63.9 Å². The summed E-state index contributed by atoms with van der Waals surface area (Å²) < 4.78 is 7.50. The van der Waals surface area contributed by atoms with E-state index in [0.717, 1.165) is 0 Å². The molecule has 19 aromatic rings. The zero-order valence-electron chi connectivity index (χ0n) is 65.4. The van der Waals surface area contributed by atoms with Gasteiger partial charge in [0, 0.05) is 128 Å². The first-order valence-electron chi connectivity index (χ1n) is 40.3. The summed E-state index contributed by atoms with van der Waals surface area (Å²) >= 11 is 0. The van der Waals surface area contributed by atoms with E-state index in [1.165, 1.54) is 244 Å². The Balaban J connectivity index is 0.000000102. The predicted molar refractivity (Wildman–Crippen MR) is 490 cm³/mol. The minimum atomic E-state index is 0.207. The van der Waals surface area contributed by atoms with Crippen molar-refractivity contribution in [2.75, 3.05) is 35.8 Å². The molecule has 0 N–H and O–H groups in total. The van der Waals surface area contributed by atoms with Gasteiger partial charge >= 0.3 is 0 Å². The Kier molecular flexibility index (Phi) is 14.4. The summed E-state index contributed by atoms with van der Waals surface area (Å²) in [5.41, 5.74) is 46.8. The number of aromatic nitrogens is 3. The van der Waals surface area contributed by atoms with E-state index in [2.05, 4.69) is 407 Å². The van der Waals surface area contributed by atoms with E-state index in [4.69, 9.17) is 0 Å². The molecule has 0 bridgehead atoms. The van der Waals surface area contributed by atoms with Gasteiger partial charge in [-0.15, -0.1) is 0 Å². The van der Waals surface area contributed by atoms with Gasteiger partial charge in [-0.1, -0.05) is 261 Å². The quantitative estimate of drug-likeness (QED) is 0.164. The van der Waals surface area contributed by atoms with E-state index in [-0.39, 0.29) is 20.1 Å². The molecule has 0 saturated carbocycles. The van der Waals surface area contributed by atoms with Crippen LogP contribution in [0.5, 0.6) is 0 Å². The molecule has 9 heterocycles. The molecular weight excluding hydrogens is 1380 g/mol. The van der Waals surface area contributed by atoms with Crippen LogP contribution in [0.1, 0.15) is 33.8 Å². The van der Waals surface area contributed by atoms with E-state index >= 15 is 0 Å². The Morgan fingerprint density at radius 3 is 1.08 bits per heavy atom. The van der Waals surface area contributed by atoms with Gasteiger partial charge < -0.3 is 28.4 Å². The minimum absolute atomic E-state index is 0.207. The monoisotopic (exact) mass is 1460 g/mol. The van der Waals surface area contributed by atoms with Crippen LogP contribution >= 0.6 is 0 Å². The molecule has 0 spiro atoms. The van der Waals surface area contributed by atoms with Gasteiger partial charge in [0.2, 0.25) is 0 Å². The number of rotatable bonds is 4. The molecule has 0 unspecified atom stereocenters. The Labute approximate surface area is 665 Å². The third-order valence-corrected chi connectivity index (χ3v) is 27.1. The first-order valence-corrected chi connectivity index (χ1v) is 40.3. The van der Waals surface area contributed by atoms with E-state index in [1.807, 2.05) is 0 Å². The van der Waals surface area contributed by atoms with Gasteiger partial charge in [-0.05, 0) is 233 Å². The SMILES string of the molecule is Cc1c(C)n2c3c(cccc13)B1c3ccc(-c4ccc(-c5ccccc5)c5ccccc45)cc3N(C)c3cccc-2c31.Cc1c(C)n2c3c(cccc13)B1c3ccc(-c4cccc5ccccc45)cc3N(C)c3cccc-2c31.Cc1c(C)n2c3c(cccc13)B1c3cccc(-c4ccc5ccccc5c4)c3N(C)c3cccc-2c31. The molecule has 0 amide bonds. The van der Waals surface area contributed by atoms with Crippen LogP contribution in [0.15, 0.2) is 315 Å². The second-order valence-corrected chi connectivity index (χ2v) is 32.4. The van der Waals surface area contributed by atoms with Crippen LogP contribution in [-0.2, 0) is 0 Å². The number of aryl methyl sites for hydroxylation is 3. The maximum absolute atomic E-state index is 2.50. The molecule has 0 atom stereocenters. The maximum atomic E-state index is 2.50. The van der Waals surface area contributed by atoms with Crippen molar-refractivity contribution >= 4 is 168 Å². The molecule has 538 valence electrons. The molecule has 0 fully saturated rings. The average Bonchev–Trinajstić information content (AvgIpc) is 1.32. The first kappa shape index (κ1) is 66.3. The van der Waals surface area contributed by atoms with Crippen LogP contribution in [0.2, 0.25) is 0 Å². The Hall–Kier alpha value is -13.5. The molecule has 6 aliphatic heterocycles. The lowest BCUT2D eigenvalue weighted by Gasteiger charge is -2.39. The average molecular weight is 1460 g/mol. The highest BCUT2D eigenvalue weighted by molar-refractivity contribution is 7.02. The largest absolute Gasteiger partial charge is 0.345 e. The van der Waals surface area contributed by atoms with Crippen LogP contribution in [0.25, 0.3) is 127 Å². The molecule has 6 aliphatic rings. The highest BCUT2D eigenvalue weighted by atomic mass is 15.1. The van der Waals surface area contributed by atoms with Gasteiger partial charge in [0.15, 0.2) is 0 Å². The van der Waals surface area contributed by atoms with Gasteiger partial charge in [-0.2, -0.15) is 0 Å². The second kappa shape index (κ2) is 24.8. The van der Waals surface area contributed by atoms with Crippen LogP contribution in [0.4, 0.5) is 34.1 Å². The van der Waals surface area contributed by atoms with Crippen molar-refractivity contribution in [3.63, 3.8) is 0 Å². The number of fused-ring (bicyclic) bond motifs is 15. The standard InChI is InChI=1S/C39H29BN2.2C33H25BN2/c1-24-25(2)42-36-18-10-17-35-38(36)40(34-16-9-15-28(24)39(34)42)33-22-19-27(23-37(33)41(35)3)30-21-20-29(26-11-5-4-6-12-26)31-13-7-8-14-32(30)31;1-20-21(2)36-30-16-8-15-29-32(30)34(28-14-7-12-24(20)33(28)36)27-18-17-23(19-31(27)35(29)3)26-13-6-10-22-9-4-5-11-25(22)26;1-20-21(2)36-30-16-8-15-29-31(30)34(28-14-6-11-25(20)33(28)36)27-13-7-12-26(32(27)35(29)3)24-18-17-22-9-4-5-10-23(22)19-24/h4-23H,1-3H3;2*4-19H,1-3H3. The van der Waals surface area contributed by atoms with Crippen molar-refractivity contribution in [1.82, 2.24) is 13.7 Å². The van der Waals surface area contributed by atoms with Crippen molar-refractivity contribution in [3.8, 4) is 61.6 Å². The summed E-state index contributed by atoms with van der Waals surface area (Å²) in [6, 6.07) is 117. The first-order chi connectivity index (χ1) is 55.9. The van der Waals surface area contributed by atoms with E-state index in [1.54, 1.807) is 0 Å². The topological polar surface area (TPSA) is 24.5 Å². The van der Waals surface area contributed by atoms with Crippen molar-refractivity contribution in [2.24, 2.45) is 0 Å². The van der Waals surface area contributed by atoms with Crippen molar-refractivity contribution in [1.29, 1.82) is 0 Å². The Bertz CT molecular complexity index is 7410. The fraction of sp³-hybridized carbons (Fsp3) is 0.0857. The van der Waals surface area contributed by atoms with Gasteiger partial charge in [0.05, 0.1) is 0 Å². The zero-order valence-corrected chi connectivity index (χ0v) is 65.4.